The summed E-state index contributed by atoms with van der Waals surface area (Å²) < 4.78 is 0. The first kappa shape index (κ1) is 9.77. The lowest BCUT2D eigenvalue weighted by atomic mass is 10.1. The molecule has 1 aliphatic rings. The molecule has 0 aliphatic heterocycles. The average Bonchev–Trinajstić information content (AvgIpc) is 2.73. The number of hydrogen-bond donors (Lipinski definition) is 0. The maximum atomic E-state index is 4.32. The van der Waals surface area contributed by atoms with Crippen LogP contribution < -0.4 is 0 Å². The van der Waals surface area contributed by atoms with Crippen LogP contribution in [0.4, 0.5) is 0 Å². The molecule has 1 aromatic rings. The molecule has 0 saturated carbocycles. The summed E-state index contributed by atoms with van der Waals surface area (Å²) in [4.78, 5) is 12.6. The van der Waals surface area contributed by atoms with E-state index in [2.05, 4.69) is 27.1 Å². The molecule has 0 atom stereocenters. The monoisotopic (exact) mass is 199 g/mol. The molecular weight excluding hydrogens is 186 g/mol. The molecule has 1 heterocycles. The zero-order valence-electron chi connectivity index (χ0n) is 8.94. The molecule has 0 aromatic carbocycles. The van der Waals surface area contributed by atoms with Gasteiger partial charge in [0, 0.05) is 30.8 Å². The molecule has 0 radical (unpaired) electrons. The zero-order valence-corrected chi connectivity index (χ0v) is 8.94. The second-order valence-corrected chi connectivity index (χ2v) is 3.32. The van der Waals surface area contributed by atoms with E-state index in [4.69, 9.17) is 0 Å². The van der Waals surface area contributed by atoms with Crippen molar-refractivity contribution in [3.8, 4) is 0 Å². The van der Waals surface area contributed by atoms with Crippen LogP contribution in [0.5, 0.6) is 0 Å². The van der Waals surface area contributed by atoms with E-state index >= 15 is 0 Å². The van der Waals surface area contributed by atoms with E-state index in [1.807, 2.05) is 19.2 Å². The van der Waals surface area contributed by atoms with E-state index in [-0.39, 0.29) is 0 Å². The zero-order chi connectivity index (χ0) is 10.7. The van der Waals surface area contributed by atoms with Gasteiger partial charge in [-0.3, -0.25) is 4.99 Å². The van der Waals surface area contributed by atoms with Gasteiger partial charge in [-0.05, 0) is 6.92 Å². The normalized spacial score (nSPS) is 14.9. The van der Waals surface area contributed by atoms with Crippen molar-refractivity contribution in [2.45, 2.75) is 13.3 Å². The molecule has 15 heavy (non-hydrogen) atoms. The third-order valence-electron chi connectivity index (χ3n) is 2.41. The Hall–Kier alpha value is -1.77. The maximum Gasteiger partial charge on any atom is 0.116 e. The van der Waals surface area contributed by atoms with Crippen LogP contribution in [0.25, 0.3) is 11.6 Å². The minimum absolute atomic E-state index is 0.908. The van der Waals surface area contributed by atoms with Crippen LogP contribution in [0.15, 0.2) is 23.5 Å². The Balaban J connectivity index is 2.53. The number of aromatic nitrogens is 2. The Labute approximate surface area is 89.3 Å². The summed E-state index contributed by atoms with van der Waals surface area (Å²) >= 11 is 0. The first-order chi connectivity index (χ1) is 7.36. The predicted octanol–water partition coefficient (Wildman–Crippen LogP) is 2.15. The van der Waals surface area contributed by atoms with Crippen LogP contribution in [0.2, 0.25) is 0 Å². The smallest absolute Gasteiger partial charge is 0.116 e. The fourth-order valence-corrected chi connectivity index (χ4v) is 1.70. The van der Waals surface area contributed by atoms with Gasteiger partial charge in [0.1, 0.15) is 6.33 Å². The molecule has 0 fully saturated rings. The van der Waals surface area contributed by atoms with Gasteiger partial charge in [0.2, 0.25) is 0 Å². The number of hydrogen-bond acceptors (Lipinski definition) is 3. The second kappa shape index (κ2) is 4.17. The molecule has 1 aromatic heterocycles. The largest absolute Gasteiger partial charge is 0.296 e. The number of rotatable bonds is 2. The Kier molecular flexibility index (Phi) is 2.72. The van der Waals surface area contributed by atoms with Crippen molar-refractivity contribution in [1.82, 2.24) is 9.97 Å². The van der Waals surface area contributed by atoms with E-state index in [9.17, 15) is 0 Å². The molecule has 0 N–H and O–H groups in total. The van der Waals surface area contributed by atoms with E-state index in [1.165, 1.54) is 0 Å². The third kappa shape index (κ3) is 1.73. The molecule has 0 spiro atoms. The Morgan fingerprint density at radius 1 is 1.47 bits per heavy atom. The molecule has 1 aliphatic carbocycles. The topological polar surface area (TPSA) is 38.1 Å². The molecule has 0 amide bonds. The third-order valence-corrected chi connectivity index (χ3v) is 2.41. The molecule has 0 bridgehead atoms. The lowest BCUT2D eigenvalue weighted by Gasteiger charge is -2.05. The number of allylic oxidation sites excluding steroid dienone is 3. The van der Waals surface area contributed by atoms with Crippen molar-refractivity contribution in [1.29, 1.82) is 0 Å². The molecule has 76 valence electrons. The second-order valence-electron chi connectivity index (χ2n) is 3.32. The summed E-state index contributed by atoms with van der Waals surface area (Å²) in [6, 6.07) is 0. The van der Waals surface area contributed by atoms with Crippen LogP contribution in [0, 0.1) is 0 Å². The molecular formula is C12H13N3. The van der Waals surface area contributed by atoms with Gasteiger partial charge in [0.25, 0.3) is 0 Å². The van der Waals surface area contributed by atoms with E-state index in [0.29, 0.717) is 0 Å². The first-order valence-corrected chi connectivity index (χ1v) is 4.96. The summed E-state index contributed by atoms with van der Waals surface area (Å²) in [5.74, 6) is 0. The molecule has 3 nitrogen and oxygen atoms in total. The van der Waals surface area contributed by atoms with Crippen molar-refractivity contribution >= 4 is 17.9 Å². The Morgan fingerprint density at radius 3 is 3.07 bits per heavy atom. The van der Waals surface area contributed by atoms with Crippen molar-refractivity contribution in [2.24, 2.45) is 4.99 Å². The Bertz CT molecular complexity index is 456. The fourth-order valence-electron chi connectivity index (χ4n) is 1.70. The standard InChI is InChI=1S/C12H13N3/c1-3-9(7-13-2)12-10-5-4-6-11(10)14-8-15-12/h3-5,7-8H,6H2,1-2H3/b9-3+,13-7?. The summed E-state index contributed by atoms with van der Waals surface area (Å²) in [7, 11) is 1.76. The summed E-state index contributed by atoms with van der Waals surface area (Å²) in [6.45, 7) is 1.99. The van der Waals surface area contributed by atoms with Gasteiger partial charge in [0.05, 0.1) is 11.4 Å². The molecule has 3 heteroatoms. The van der Waals surface area contributed by atoms with Gasteiger partial charge in [-0.15, -0.1) is 0 Å². The van der Waals surface area contributed by atoms with E-state index in [1.54, 1.807) is 13.4 Å². The maximum absolute atomic E-state index is 4.32. The van der Waals surface area contributed by atoms with Gasteiger partial charge in [-0.1, -0.05) is 18.2 Å². The molecule has 2 rings (SSSR count). The van der Waals surface area contributed by atoms with Crippen molar-refractivity contribution < 1.29 is 0 Å². The van der Waals surface area contributed by atoms with Crippen molar-refractivity contribution in [2.75, 3.05) is 7.05 Å². The molecule has 0 unspecified atom stereocenters. The quantitative estimate of drug-likeness (QED) is 0.684. The average molecular weight is 199 g/mol. The lowest BCUT2D eigenvalue weighted by molar-refractivity contribution is 1.05. The van der Waals surface area contributed by atoms with Crippen molar-refractivity contribution in [3.05, 3.63) is 35.4 Å². The van der Waals surface area contributed by atoms with Gasteiger partial charge in [0.15, 0.2) is 0 Å². The summed E-state index contributed by atoms with van der Waals surface area (Å²) in [6.07, 6.45) is 10.6. The highest BCUT2D eigenvalue weighted by Crippen LogP contribution is 2.23. The van der Waals surface area contributed by atoms with Crippen LogP contribution in [0.3, 0.4) is 0 Å². The van der Waals surface area contributed by atoms with Crippen molar-refractivity contribution in [3.63, 3.8) is 0 Å². The summed E-state index contributed by atoms with van der Waals surface area (Å²) in [5.41, 5.74) is 4.25. The highest BCUT2D eigenvalue weighted by Gasteiger charge is 2.13. The number of fused-ring (bicyclic) bond motifs is 1. The molecule has 0 saturated heterocycles. The number of aliphatic imine (C=N–C) groups is 1. The van der Waals surface area contributed by atoms with Gasteiger partial charge in [-0.2, -0.15) is 0 Å². The highest BCUT2D eigenvalue weighted by atomic mass is 14.8. The predicted molar refractivity (Wildman–Crippen MR) is 62.8 cm³/mol. The van der Waals surface area contributed by atoms with Gasteiger partial charge in [-0.25, -0.2) is 9.97 Å². The van der Waals surface area contributed by atoms with E-state index in [0.717, 1.165) is 28.9 Å². The van der Waals surface area contributed by atoms with Gasteiger partial charge >= 0.3 is 0 Å². The van der Waals surface area contributed by atoms with E-state index < -0.39 is 0 Å². The number of nitrogens with zero attached hydrogens (tertiary/aromatic N) is 3. The van der Waals surface area contributed by atoms with Crippen LogP contribution in [0.1, 0.15) is 23.9 Å². The summed E-state index contributed by atoms with van der Waals surface area (Å²) in [5, 5.41) is 0. The minimum Gasteiger partial charge on any atom is -0.296 e. The van der Waals surface area contributed by atoms with Crippen LogP contribution >= 0.6 is 0 Å². The highest BCUT2D eigenvalue weighted by molar-refractivity contribution is 6.10. The minimum atomic E-state index is 0.908. The van der Waals surface area contributed by atoms with Crippen LogP contribution in [-0.4, -0.2) is 23.2 Å². The SMILES string of the molecule is C/C=C(\C=NC)c1ncnc2c1C=CC2. The fraction of sp³-hybridized carbons (Fsp3) is 0.250. The Morgan fingerprint density at radius 2 is 2.33 bits per heavy atom. The van der Waals surface area contributed by atoms with Crippen LogP contribution in [-0.2, 0) is 6.42 Å². The lowest BCUT2D eigenvalue weighted by Crippen LogP contribution is -1.99. The van der Waals surface area contributed by atoms with Gasteiger partial charge < -0.3 is 0 Å². The first-order valence-electron chi connectivity index (χ1n) is 4.96.